The number of carbonyl (C=O) groups excluding carboxylic acids is 1. The van der Waals surface area contributed by atoms with Gasteiger partial charge in [0.15, 0.2) is 0 Å². The smallest absolute Gasteiger partial charge is 0.251 e. The van der Waals surface area contributed by atoms with Gasteiger partial charge in [0.05, 0.1) is 5.69 Å². The molecule has 180 valence electrons. The summed E-state index contributed by atoms with van der Waals surface area (Å²) >= 11 is 0. The van der Waals surface area contributed by atoms with Gasteiger partial charge in [-0.1, -0.05) is 43.7 Å². The molecule has 3 aliphatic carbocycles. The van der Waals surface area contributed by atoms with Crippen molar-refractivity contribution < 1.29 is 9.53 Å². The Balaban J connectivity index is 1.27. The van der Waals surface area contributed by atoms with Crippen molar-refractivity contribution in [3.8, 4) is 5.75 Å². The maximum absolute atomic E-state index is 12.5. The molecule has 1 aromatic heterocycles. The summed E-state index contributed by atoms with van der Waals surface area (Å²) in [5.74, 6) is 2.39. The van der Waals surface area contributed by atoms with Crippen LogP contribution >= 0.6 is 0 Å². The lowest BCUT2D eigenvalue weighted by atomic mass is 9.64. The summed E-state index contributed by atoms with van der Waals surface area (Å²) in [6.07, 6.45) is 9.98. The third kappa shape index (κ3) is 4.24. The fraction of sp³-hybridized carbons (Fsp3) is 0.419. The average molecular weight is 467 g/mol. The van der Waals surface area contributed by atoms with Gasteiger partial charge < -0.3 is 10.1 Å². The normalized spacial score (nSPS) is 25.9. The maximum Gasteiger partial charge on any atom is 0.251 e. The van der Waals surface area contributed by atoms with Crippen LogP contribution in [0.25, 0.3) is 0 Å². The topological polar surface area (TPSA) is 51.2 Å². The molecule has 3 aliphatic rings. The number of amides is 1. The second-order valence-corrected chi connectivity index (χ2v) is 10.7. The lowest BCUT2D eigenvalue weighted by molar-refractivity contribution is 0.0951. The maximum atomic E-state index is 12.5. The van der Waals surface area contributed by atoms with E-state index in [4.69, 9.17) is 4.74 Å². The fourth-order valence-electron chi connectivity index (χ4n) is 6.53. The number of hydrogen-bond donors (Lipinski definition) is 1. The van der Waals surface area contributed by atoms with Gasteiger partial charge in [0.1, 0.15) is 11.9 Å². The average Bonchev–Trinajstić information content (AvgIpc) is 3.48. The molecule has 2 bridgehead atoms. The second kappa shape index (κ2) is 9.14. The lowest BCUT2D eigenvalue weighted by Crippen LogP contribution is -2.34. The van der Waals surface area contributed by atoms with Crippen molar-refractivity contribution in [3.63, 3.8) is 0 Å². The summed E-state index contributed by atoms with van der Waals surface area (Å²) in [5.41, 5.74) is 4.48. The van der Waals surface area contributed by atoms with Crippen molar-refractivity contribution in [3.05, 3.63) is 95.3 Å². The lowest BCUT2D eigenvalue weighted by Gasteiger charge is -2.39. The minimum atomic E-state index is -0.0483. The van der Waals surface area contributed by atoms with Crippen LogP contribution in [0, 0.1) is 11.8 Å². The third-order valence-corrected chi connectivity index (χ3v) is 8.46. The van der Waals surface area contributed by atoms with E-state index < -0.39 is 0 Å². The third-order valence-electron chi connectivity index (χ3n) is 8.46. The van der Waals surface area contributed by atoms with Gasteiger partial charge in [0, 0.05) is 23.2 Å². The molecule has 3 fully saturated rings. The summed E-state index contributed by atoms with van der Waals surface area (Å²) < 4.78 is 6.34. The predicted octanol–water partition coefficient (Wildman–Crippen LogP) is 6.61. The van der Waals surface area contributed by atoms with E-state index in [9.17, 15) is 4.79 Å². The van der Waals surface area contributed by atoms with E-state index in [-0.39, 0.29) is 17.4 Å². The van der Waals surface area contributed by atoms with Gasteiger partial charge >= 0.3 is 0 Å². The van der Waals surface area contributed by atoms with Crippen LogP contribution in [0.15, 0.2) is 72.9 Å². The van der Waals surface area contributed by atoms with E-state index in [0.717, 1.165) is 42.2 Å². The fourth-order valence-corrected chi connectivity index (χ4v) is 6.53. The van der Waals surface area contributed by atoms with E-state index in [1.165, 1.54) is 36.8 Å². The van der Waals surface area contributed by atoms with Crippen molar-refractivity contribution in [2.45, 2.75) is 69.4 Å². The summed E-state index contributed by atoms with van der Waals surface area (Å²) in [5, 5.41) is 3.11. The van der Waals surface area contributed by atoms with E-state index in [1.807, 2.05) is 36.5 Å². The SMILES string of the molecule is CCC(Oc1ccc([C@]2(c3ccc(C(=O)NC4CC4)cc3)C[C@@H]3CC[C@H]2C3)cc1)c1ccccn1. The Bertz CT molecular complexity index is 1170. The highest BCUT2D eigenvalue weighted by Gasteiger charge is 2.52. The second-order valence-electron chi connectivity index (χ2n) is 10.7. The minimum absolute atomic E-state index is 0.0259. The van der Waals surface area contributed by atoms with E-state index >= 15 is 0 Å². The predicted molar refractivity (Wildman–Crippen MR) is 137 cm³/mol. The molecule has 1 unspecified atom stereocenters. The highest BCUT2D eigenvalue weighted by molar-refractivity contribution is 5.94. The molecule has 4 heteroatoms. The number of pyridine rings is 1. The zero-order valence-electron chi connectivity index (χ0n) is 20.5. The molecule has 0 aliphatic heterocycles. The van der Waals surface area contributed by atoms with Crippen LogP contribution in [0.3, 0.4) is 0 Å². The van der Waals surface area contributed by atoms with Crippen LogP contribution < -0.4 is 10.1 Å². The first-order valence-electron chi connectivity index (χ1n) is 13.2. The van der Waals surface area contributed by atoms with Crippen molar-refractivity contribution in [1.82, 2.24) is 10.3 Å². The summed E-state index contributed by atoms with van der Waals surface area (Å²) in [6, 6.07) is 23.6. The first-order chi connectivity index (χ1) is 17.2. The summed E-state index contributed by atoms with van der Waals surface area (Å²) in [7, 11) is 0. The largest absolute Gasteiger partial charge is 0.484 e. The monoisotopic (exact) mass is 466 g/mol. The number of nitrogens with one attached hydrogen (secondary N) is 1. The molecule has 3 aromatic rings. The van der Waals surface area contributed by atoms with Crippen molar-refractivity contribution >= 4 is 5.91 Å². The molecule has 0 spiro atoms. The summed E-state index contributed by atoms with van der Waals surface area (Å²) in [6.45, 7) is 2.13. The Morgan fingerprint density at radius 3 is 2.31 bits per heavy atom. The molecule has 6 rings (SSSR count). The molecule has 1 amide bonds. The van der Waals surface area contributed by atoms with Crippen LogP contribution in [0.1, 0.15) is 85.2 Å². The highest BCUT2D eigenvalue weighted by Crippen LogP contribution is 2.60. The molecular weight excluding hydrogens is 432 g/mol. The van der Waals surface area contributed by atoms with E-state index in [1.54, 1.807) is 0 Å². The Morgan fingerprint density at radius 2 is 1.74 bits per heavy atom. The molecule has 1 N–H and O–H groups in total. The van der Waals surface area contributed by atoms with Crippen molar-refractivity contribution in [2.75, 3.05) is 0 Å². The first kappa shape index (κ1) is 22.3. The molecule has 4 nitrogen and oxygen atoms in total. The number of carbonyl (C=O) groups is 1. The minimum Gasteiger partial charge on any atom is -0.484 e. The van der Waals surface area contributed by atoms with E-state index in [2.05, 4.69) is 53.6 Å². The van der Waals surface area contributed by atoms with Crippen LogP contribution in [0.5, 0.6) is 5.75 Å². The Hall–Kier alpha value is -3.14. The van der Waals surface area contributed by atoms with Crippen molar-refractivity contribution in [2.24, 2.45) is 11.8 Å². The molecular formula is C31H34N2O2. The van der Waals surface area contributed by atoms with Gasteiger partial charge in [0.25, 0.3) is 5.91 Å². The van der Waals surface area contributed by atoms with Crippen LogP contribution in [-0.2, 0) is 5.41 Å². The van der Waals surface area contributed by atoms with Gasteiger partial charge in [0.2, 0.25) is 0 Å². The van der Waals surface area contributed by atoms with Crippen LogP contribution in [-0.4, -0.2) is 16.9 Å². The number of nitrogens with zero attached hydrogens (tertiary/aromatic N) is 1. The molecule has 4 atom stereocenters. The van der Waals surface area contributed by atoms with Gasteiger partial charge in [-0.3, -0.25) is 9.78 Å². The quantitative estimate of drug-likeness (QED) is 0.406. The molecule has 2 aromatic carbocycles. The first-order valence-corrected chi connectivity index (χ1v) is 13.2. The van der Waals surface area contributed by atoms with Crippen LogP contribution in [0.4, 0.5) is 0 Å². The zero-order valence-corrected chi connectivity index (χ0v) is 20.5. The van der Waals surface area contributed by atoms with Gasteiger partial charge in [-0.2, -0.15) is 0 Å². The number of hydrogen-bond acceptors (Lipinski definition) is 3. The van der Waals surface area contributed by atoms with Crippen LogP contribution in [0.2, 0.25) is 0 Å². The molecule has 3 saturated carbocycles. The van der Waals surface area contributed by atoms with Crippen molar-refractivity contribution in [1.29, 1.82) is 0 Å². The van der Waals surface area contributed by atoms with Gasteiger partial charge in [-0.25, -0.2) is 0 Å². The number of rotatable bonds is 8. The zero-order chi connectivity index (χ0) is 23.8. The number of ether oxygens (including phenoxy) is 1. The van der Waals surface area contributed by atoms with Gasteiger partial charge in [-0.15, -0.1) is 0 Å². The summed E-state index contributed by atoms with van der Waals surface area (Å²) in [4.78, 5) is 17.0. The molecule has 1 heterocycles. The molecule has 0 saturated heterocycles. The number of aromatic nitrogens is 1. The number of benzene rings is 2. The molecule has 35 heavy (non-hydrogen) atoms. The Labute approximate surface area is 208 Å². The standard InChI is InChI=1S/C31H34N2O2/c1-2-29(28-5-3-4-18-32-28)35-27-16-12-24(13-17-27)31(20-21-6-9-25(31)19-21)23-10-7-22(8-11-23)30(34)33-26-14-15-26/h3-5,7-8,10-13,16-18,21,25-26,29H,2,6,9,14-15,19-20H2,1H3,(H,33,34)/t21-,25+,29?,31-/m1/s1. The Morgan fingerprint density at radius 1 is 1.00 bits per heavy atom. The van der Waals surface area contributed by atoms with Gasteiger partial charge in [-0.05, 0) is 97.9 Å². The number of fused-ring (bicyclic) bond motifs is 2. The Kier molecular flexibility index (Phi) is 5.83. The van der Waals surface area contributed by atoms with E-state index in [0.29, 0.717) is 12.0 Å². The highest BCUT2D eigenvalue weighted by atomic mass is 16.5. The molecule has 0 radical (unpaired) electrons.